The van der Waals surface area contributed by atoms with E-state index in [1.54, 1.807) is 20.1 Å². The lowest BCUT2D eigenvalue weighted by Crippen LogP contribution is -2.07. The molecule has 0 fully saturated rings. The summed E-state index contributed by atoms with van der Waals surface area (Å²) in [6, 6.07) is 11.1. The zero-order valence-electron chi connectivity index (χ0n) is 12.0. The van der Waals surface area contributed by atoms with Gasteiger partial charge >= 0.3 is 5.97 Å². The van der Waals surface area contributed by atoms with E-state index in [1.807, 2.05) is 30.3 Å². The van der Waals surface area contributed by atoms with E-state index in [9.17, 15) is 4.79 Å². The van der Waals surface area contributed by atoms with Gasteiger partial charge in [-0.3, -0.25) is 0 Å². The summed E-state index contributed by atoms with van der Waals surface area (Å²) in [6.45, 7) is 2.38. The van der Waals surface area contributed by atoms with Crippen LogP contribution in [-0.4, -0.2) is 18.2 Å². The molecule has 0 aliphatic rings. The topological polar surface area (TPSA) is 84.6 Å². The number of carbonyl (C=O) groups is 1. The molecule has 2 aromatic carbocycles. The Morgan fingerprint density at radius 1 is 1.29 bits per heavy atom. The minimum absolute atomic E-state index is 0.118. The summed E-state index contributed by atoms with van der Waals surface area (Å²) < 4.78 is 5.10. The molecule has 0 aromatic heterocycles. The van der Waals surface area contributed by atoms with Crippen LogP contribution in [0.3, 0.4) is 0 Å². The smallest absolute Gasteiger partial charge is 0.337 e. The van der Waals surface area contributed by atoms with Crippen LogP contribution >= 0.6 is 0 Å². The molecular weight excluding hydrogens is 268 g/mol. The van der Waals surface area contributed by atoms with Crippen molar-refractivity contribution in [3.8, 4) is 5.75 Å². The van der Waals surface area contributed by atoms with Gasteiger partial charge in [0.15, 0.2) is 0 Å². The predicted octanol–water partition coefficient (Wildman–Crippen LogP) is 2.90. The summed E-state index contributed by atoms with van der Waals surface area (Å²) in [5.74, 6) is -0.223. The van der Waals surface area contributed by atoms with E-state index in [-0.39, 0.29) is 5.56 Å². The van der Waals surface area contributed by atoms with Crippen molar-refractivity contribution < 1.29 is 14.6 Å². The van der Waals surface area contributed by atoms with Crippen LogP contribution in [-0.2, 0) is 6.54 Å². The molecule has 110 valence electrons. The van der Waals surface area contributed by atoms with Gasteiger partial charge in [-0.25, -0.2) is 4.79 Å². The lowest BCUT2D eigenvalue weighted by molar-refractivity contribution is 0.0698. The van der Waals surface area contributed by atoms with Gasteiger partial charge in [-0.1, -0.05) is 12.1 Å². The number of anilines is 2. The van der Waals surface area contributed by atoms with E-state index in [0.717, 1.165) is 22.6 Å². The molecular formula is C16H18N2O3. The van der Waals surface area contributed by atoms with Crippen molar-refractivity contribution in [2.75, 3.05) is 18.2 Å². The Balaban J connectivity index is 2.14. The van der Waals surface area contributed by atoms with Gasteiger partial charge in [-0.05, 0) is 42.3 Å². The average Bonchev–Trinajstić information content (AvgIpc) is 2.48. The highest BCUT2D eigenvalue weighted by Crippen LogP contribution is 2.23. The third-order valence-corrected chi connectivity index (χ3v) is 3.27. The molecule has 0 radical (unpaired) electrons. The number of nitrogen functional groups attached to an aromatic ring is 1. The zero-order chi connectivity index (χ0) is 15.4. The van der Waals surface area contributed by atoms with Crippen molar-refractivity contribution in [2.45, 2.75) is 13.5 Å². The SMILES string of the molecule is COc1ccc(CNc2cc(C)c(N)c(C(=O)O)c2)cc1. The van der Waals surface area contributed by atoms with Crippen molar-refractivity contribution >= 4 is 17.3 Å². The monoisotopic (exact) mass is 286 g/mol. The number of aryl methyl sites for hydroxylation is 1. The average molecular weight is 286 g/mol. The van der Waals surface area contributed by atoms with Gasteiger partial charge in [0.1, 0.15) is 5.75 Å². The summed E-state index contributed by atoms with van der Waals surface area (Å²) in [6.07, 6.45) is 0. The molecule has 0 aliphatic carbocycles. The van der Waals surface area contributed by atoms with Crippen LogP contribution in [0.5, 0.6) is 5.75 Å². The van der Waals surface area contributed by atoms with E-state index in [1.165, 1.54) is 0 Å². The summed E-state index contributed by atoms with van der Waals surface area (Å²) in [5, 5.41) is 12.3. The first kappa shape index (κ1) is 14.7. The Morgan fingerprint density at radius 3 is 2.52 bits per heavy atom. The molecule has 0 amide bonds. The Bertz CT molecular complexity index is 651. The fraction of sp³-hybridized carbons (Fsp3) is 0.188. The number of rotatable bonds is 5. The van der Waals surface area contributed by atoms with Crippen molar-refractivity contribution in [1.82, 2.24) is 0 Å². The minimum atomic E-state index is -1.02. The van der Waals surface area contributed by atoms with Gasteiger partial charge in [0, 0.05) is 17.9 Å². The van der Waals surface area contributed by atoms with E-state index >= 15 is 0 Å². The standard InChI is InChI=1S/C16H18N2O3/c1-10-7-12(8-14(15(10)17)16(19)20)18-9-11-3-5-13(21-2)6-4-11/h3-8,18H,9,17H2,1-2H3,(H,19,20). The highest BCUT2D eigenvalue weighted by Gasteiger charge is 2.11. The van der Waals surface area contributed by atoms with Crippen LogP contribution in [0.15, 0.2) is 36.4 Å². The number of hydrogen-bond acceptors (Lipinski definition) is 4. The summed E-state index contributed by atoms with van der Waals surface area (Å²) in [7, 11) is 1.62. The van der Waals surface area contributed by atoms with Crippen molar-refractivity contribution in [1.29, 1.82) is 0 Å². The maximum atomic E-state index is 11.1. The molecule has 0 heterocycles. The van der Waals surface area contributed by atoms with E-state index < -0.39 is 5.97 Å². The molecule has 0 atom stereocenters. The van der Waals surface area contributed by atoms with Gasteiger partial charge in [-0.15, -0.1) is 0 Å². The van der Waals surface area contributed by atoms with Crippen LogP contribution in [0.25, 0.3) is 0 Å². The van der Waals surface area contributed by atoms with Crippen LogP contribution in [0.2, 0.25) is 0 Å². The molecule has 5 nitrogen and oxygen atoms in total. The molecule has 4 N–H and O–H groups in total. The van der Waals surface area contributed by atoms with Crippen LogP contribution in [0.4, 0.5) is 11.4 Å². The Morgan fingerprint density at radius 2 is 1.95 bits per heavy atom. The maximum Gasteiger partial charge on any atom is 0.337 e. The molecule has 0 aliphatic heterocycles. The highest BCUT2D eigenvalue weighted by molar-refractivity contribution is 5.95. The lowest BCUT2D eigenvalue weighted by Gasteiger charge is -2.11. The van der Waals surface area contributed by atoms with E-state index in [4.69, 9.17) is 15.6 Å². The Labute approximate surface area is 123 Å². The van der Waals surface area contributed by atoms with Crippen LogP contribution in [0, 0.1) is 6.92 Å². The quantitative estimate of drug-likeness (QED) is 0.736. The second kappa shape index (κ2) is 6.17. The minimum Gasteiger partial charge on any atom is -0.497 e. The van der Waals surface area contributed by atoms with Crippen molar-refractivity contribution in [3.63, 3.8) is 0 Å². The number of aromatic carboxylic acids is 1. The van der Waals surface area contributed by atoms with E-state index in [0.29, 0.717) is 12.2 Å². The van der Waals surface area contributed by atoms with Gasteiger partial charge in [-0.2, -0.15) is 0 Å². The predicted molar refractivity (Wildman–Crippen MR) is 82.9 cm³/mol. The first-order valence-corrected chi connectivity index (χ1v) is 6.51. The van der Waals surface area contributed by atoms with Gasteiger partial charge < -0.3 is 20.9 Å². The fourth-order valence-electron chi connectivity index (χ4n) is 2.02. The number of nitrogens with one attached hydrogen (secondary N) is 1. The first-order chi connectivity index (χ1) is 10.0. The molecule has 0 bridgehead atoms. The number of hydrogen-bond donors (Lipinski definition) is 3. The summed E-state index contributed by atoms with van der Waals surface area (Å²) in [4.78, 5) is 11.1. The molecule has 5 heteroatoms. The fourth-order valence-corrected chi connectivity index (χ4v) is 2.02. The number of carboxylic acid groups (broad SMARTS) is 1. The first-order valence-electron chi connectivity index (χ1n) is 6.51. The molecule has 2 rings (SSSR count). The normalized spacial score (nSPS) is 10.2. The highest BCUT2D eigenvalue weighted by atomic mass is 16.5. The van der Waals surface area contributed by atoms with Gasteiger partial charge in [0.05, 0.1) is 12.7 Å². The molecule has 0 unspecified atom stereocenters. The molecule has 2 aromatic rings. The van der Waals surface area contributed by atoms with Crippen LogP contribution < -0.4 is 15.8 Å². The Hall–Kier alpha value is -2.69. The van der Waals surface area contributed by atoms with Gasteiger partial charge in [0.25, 0.3) is 0 Å². The molecule has 21 heavy (non-hydrogen) atoms. The molecule has 0 spiro atoms. The number of carboxylic acids is 1. The van der Waals surface area contributed by atoms with E-state index in [2.05, 4.69) is 5.32 Å². The zero-order valence-corrected chi connectivity index (χ0v) is 12.0. The number of methoxy groups -OCH3 is 1. The third kappa shape index (κ3) is 3.45. The number of benzene rings is 2. The number of nitrogens with two attached hydrogens (primary N) is 1. The van der Waals surface area contributed by atoms with Gasteiger partial charge in [0.2, 0.25) is 0 Å². The molecule has 0 saturated carbocycles. The van der Waals surface area contributed by atoms with Crippen molar-refractivity contribution in [2.24, 2.45) is 0 Å². The summed E-state index contributed by atoms with van der Waals surface area (Å²) >= 11 is 0. The lowest BCUT2D eigenvalue weighted by atomic mass is 10.1. The summed E-state index contributed by atoms with van der Waals surface area (Å²) in [5.41, 5.74) is 8.74. The third-order valence-electron chi connectivity index (χ3n) is 3.27. The second-order valence-electron chi connectivity index (χ2n) is 4.76. The Kier molecular flexibility index (Phi) is 4.33. The maximum absolute atomic E-state index is 11.1. The van der Waals surface area contributed by atoms with Crippen molar-refractivity contribution in [3.05, 3.63) is 53.1 Å². The van der Waals surface area contributed by atoms with Crippen LogP contribution in [0.1, 0.15) is 21.5 Å². The largest absolute Gasteiger partial charge is 0.497 e. The second-order valence-corrected chi connectivity index (χ2v) is 4.76. The molecule has 0 saturated heterocycles. The number of ether oxygens (including phenoxy) is 1.